The van der Waals surface area contributed by atoms with Crippen LogP contribution in [0.1, 0.15) is 25.8 Å². The molecule has 1 atom stereocenters. The third kappa shape index (κ3) is 3.20. The molecule has 4 N–H and O–H groups in total. The summed E-state index contributed by atoms with van der Waals surface area (Å²) in [6, 6.07) is 9.31. The van der Waals surface area contributed by atoms with Gasteiger partial charge in [0.15, 0.2) is 0 Å². The third-order valence-electron chi connectivity index (χ3n) is 3.11. The molecule has 1 heterocycles. The summed E-state index contributed by atoms with van der Waals surface area (Å²) >= 11 is 0. The van der Waals surface area contributed by atoms with Gasteiger partial charge in [-0.05, 0) is 37.6 Å². The first kappa shape index (κ1) is 14.6. The summed E-state index contributed by atoms with van der Waals surface area (Å²) in [7, 11) is 0. The van der Waals surface area contributed by atoms with Gasteiger partial charge in [-0.2, -0.15) is 10.2 Å². The number of rotatable bonds is 4. The predicted octanol–water partition coefficient (Wildman–Crippen LogP) is 2.36. The van der Waals surface area contributed by atoms with Crippen LogP contribution in [-0.2, 0) is 0 Å². The Balaban J connectivity index is 2.38. The minimum atomic E-state index is 0.0430. The lowest BCUT2D eigenvalue weighted by atomic mass is 10.1. The van der Waals surface area contributed by atoms with Crippen molar-refractivity contribution >= 4 is 11.8 Å². The average Bonchev–Trinajstić information content (AvgIpc) is 2.47. The molecule has 1 aromatic carbocycles. The maximum absolute atomic E-state index is 9.18. The lowest BCUT2D eigenvalue weighted by Gasteiger charge is -2.13. The van der Waals surface area contributed by atoms with Crippen LogP contribution in [0.5, 0.6) is 5.75 Å². The van der Waals surface area contributed by atoms with Crippen LogP contribution in [-0.4, -0.2) is 16.1 Å². The van der Waals surface area contributed by atoms with E-state index in [0.717, 1.165) is 17.7 Å². The van der Waals surface area contributed by atoms with Crippen molar-refractivity contribution in [3.05, 3.63) is 29.8 Å². The smallest absolute Gasteiger partial charge is 0.222 e. The molecule has 0 aliphatic heterocycles. The Hall–Kier alpha value is -2.81. The second-order valence-electron chi connectivity index (χ2n) is 4.66. The van der Waals surface area contributed by atoms with Gasteiger partial charge in [0, 0.05) is 5.56 Å². The van der Waals surface area contributed by atoms with Crippen LogP contribution in [0.3, 0.4) is 0 Å². The topological polar surface area (TPSA) is 111 Å². The summed E-state index contributed by atoms with van der Waals surface area (Å²) in [6.07, 6.45) is 1.08. The van der Waals surface area contributed by atoms with Crippen molar-refractivity contribution in [1.82, 2.24) is 9.97 Å². The summed E-state index contributed by atoms with van der Waals surface area (Å²) in [6.45, 7) is 4.07. The molecule has 0 bridgehead atoms. The maximum Gasteiger partial charge on any atom is 0.222 e. The molecular formula is C15H17N5O. The number of benzene rings is 1. The SMILES string of the molecule is CCC(C)Oc1ccc(-c2nc(N)nc(N)c2C#N)cc1. The highest BCUT2D eigenvalue weighted by Crippen LogP contribution is 2.27. The summed E-state index contributed by atoms with van der Waals surface area (Å²) in [4.78, 5) is 7.90. The predicted molar refractivity (Wildman–Crippen MR) is 81.4 cm³/mol. The van der Waals surface area contributed by atoms with Crippen LogP contribution in [0.15, 0.2) is 24.3 Å². The number of nitrogen functional groups attached to an aromatic ring is 2. The molecule has 1 aromatic heterocycles. The van der Waals surface area contributed by atoms with Crippen molar-refractivity contribution in [1.29, 1.82) is 5.26 Å². The Morgan fingerprint density at radius 2 is 1.90 bits per heavy atom. The molecule has 0 aliphatic rings. The normalized spacial score (nSPS) is 11.7. The van der Waals surface area contributed by atoms with Gasteiger partial charge in [-0.3, -0.25) is 0 Å². The number of nitriles is 1. The minimum Gasteiger partial charge on any atom is -0.491 e. The molecule has 0 spiro atoms. The van der Waals surface area contributed by atoms with E-state index in [4.69, 9.17) is 16.2 Å². The van der Waals surface area contributed by atoms with Gasteiger partial charge in [-0.15, -0.1) is 0 Å². The van der Waals surface area contributed by atoms with E-state index >= 15 is 0 Å². The van der Waals surface area contributed by atoms with Crippen LogP contribution in [0, 0.1) is 11.3 Å². The molecule has 2 rings (SSSR count). The largest absolute Gasteiger partial charge is 0.491 e. The summed E-state index contributed by atoms with van der Waals surface area (Å²) in [5.74, 6) is 0.892. The number of aromatic nitrogens is 2. The third-order valence-corrected chi connectivity index (χ3v) is 3.11. The van der Waals surface area contributed by atoms with Crippen LogP contribution in [0.4, 0.5) is 11.8 Å². The van der Waals surface area contributed by atoms with Crippen molar-refractivity contribution in [3.8, 4) is 23.1 Å². The minimum absolute atomic E-state index is 0.0430. The Labute approximate surface area is 123 Å². The molecule has 0 radical (unpaired) electrons. The highest BCUT2D eigenvalue weighted by Gasteiger charge is 2.13. The summed E-state index contributed by atoms with van der Waals surface area (Å²) < 4.78 is 5.71. The number of nitrogens with zero attached hydrogens (tertiary/aromatic N) is 3. The monoisotopic (exact) mass is 283 g/mol. The average molecular weight is 283 g/mol. The standard InChI is InChI=1S/C15H17N5O/c1-3-9(2)21-11-6-4-10(5-7-11)13-12(8-16)14(17)20-15(18)19-13/h4-7,9H,3H2,1-2H3,(H4,17,18,19,20). The van der Waals surface area contributed by atoms with E-state index in [1.54, 1.807) is 0 Å². The first-order valence-electron chi connectivity index (χ1n) is 6.65. The molecule has 0 amide bonds. The highest BCUT2D eigenvalue weighted by molar-refractivity contribution is 5.73. The molecule has 21 heavy (non-hydrogen) atoms. The summed E-state index contributed by atoms with van der Waals surface area (Å²) in [5, 5.41) is 9.18. The Morgan fingerprint density at radius 3 is 2.48 bits per heavy atom. The van der Waals surface area contributed by atoms with Gasteiger partial charge in [0.05, 0.1) is 11.8 Å². The second kappa shape index (κ2) is 6.09. The summed E-state index contributed by atoms with van der Waals surface area (Å²) in [5.41, 5.74) is 12.7. The van der Waals surface area contributed by atoms with Crippen LogP contribution >= 0.6 is 0 Å². The van der Waals surface area contributed by atoms with E-state index in [-0.39, 0.29) is 23.4 Å². The van der Waals surface area contributed by atoms with E-state index < -0.39 is 0 Å². The molecule has 0 aliphatic carbocycles. The van der Waals surface area contributed by atoms with Crippen LogP contribution < -0.4 is 16.2 Å². The van der Waals surface area contributed by atoms with E-state index in [0.29, 0.717) is 5.69 Å². The van der Waals surface area contributed by atoms with Crippen molar-refractivity contribution in [2.75, 3.05) is 11.5 Å². The molecule has 2 aromatic rings. The first-order valence-corrected chi connectivity index (χ1v) is 6.65. The van der Waals surface area contributed by atoms with Gasteiger partial charge < -0.3 is 16.2 Å². The quantitative estimate of drug-likeness (QED) is 0.891. The zero-order chi connectivity index (χ0) is 15.4. The first-order chi connectivity index (χ1) is 10.0. The van der Waals surface area contributed by atoms with E-state index in [1.807, 2.05) is 37.3 Å². The zero-order valence-electron chi connectivity index (χ0n) is 12.0. The van der Waals surface area contributed by atoms with Crippen LogP contribution in [0.25, 0.3) is 11.3 Å². The highest BCUT2D eigenvalue weighted by atomic mass is 16.5. The van der Waals surface area contributed by atoms with Gasteiger partial charge in [0.25, 0.3) is 0 Å². The number of nitrogens with two attached hydrogens (primary N) is 2. The fraction of sp³-hybridized carbons (Fsp3) is 0.267. The number of anilines is 2. The molecule has 6 heteroatoms. The van der Waals surface area contributed by atoms with Gasteiger partial charge in [0.2, 0.25) is 5.95 Å². The van der Waals surface area contributed by atoms with Gasteiger partial charge in [-0.1, -0.05) is 6.92 Å². The Morgan fingerprint density at radius 1 is 1.24 bits per heavy atom. The lowest BCUT2D eigenvalue weighted by Crippen LogP contribution is -2.09. The van der Waals surface area contributed by atoms with Crippen LogP contribution in [0.2, 0.25) is 0 Å². The lowest BCUT2D eigenvalue weighted by molar-refractivity contribution is 0.217. The van der Waals surface area contributed by atoms with Gasteiger partial charge in [-0.25, -0.2) is 4.98 Å². The molecule has 1 unspecified atom stereocenters. The molecule has 0 saturated heterocycles. The van der Waals surface area contributed by atoms with Gasteiger partial charge >= 0.3 is 0 Å². The fourth-order valence-electron chi connectivity index (χ4n) is 1.82. The fourth-order valence-corrected chi connectivity index (χ4v) is 1.82. The van der Waals surface area contributed by atoms with E-state index in [2.05, 4.69) is 16.9 Å². The van der Waals surface area contributed by atoms with E-state index in [1.165, 1.54) is 0 Å². The molecular weight excluding hydrogens is 266 g/mol. The molecule has 108 valence electrons. The van der Waals surface area contributed by atoms with E-state index in [9.17, 15) is 5.26 Å². The van der Waals surface area contributed by atoms with Crippen molar-refractivity contribution < 1.29 is 4.74 Å². The molecule has 0 saturated carbocycles. The number of hydrogen-bond acceptors (Lipinski definition) is 6. The maximum atomic E-state index is 9.18. The van der Waals surface area contributed by atoms with Crippen molar-refractivity contribution in [2.24, 2.45) is 0 Å². The number of hydrogen-bond donors (Lipinski definition) is 2. The Kier molecular flexibility index (Phi) is 4.24. The molecule has 6 nitrogen and oxygen atoms in total. The van der Waals surface area contributed by atoms with Crippen molar-refractivity contribution in [3.63, 3.8) is 0 Å². The van der Waals surface area contributed by atoms with Crippen molar-refractivity contribution in [2.45, 2.75) is 26.4 Å². The van der Waals surface area contributed by atoms with Gasteiger partial charge in [0.1, 0.15) is 23.2 Å². The Bertz CT molecular complexity index is 676. The number of ether oxygens (including phenoxy) is 1. The second-order valence-corrected chi connectivity index (χ2v) is 4.66. The molecule has 0 fully saturated rings. The zero-order valence-corrected chi connectivity index (χ0v) is 12.0.